The summed E-state index contributed by atoms with van der Waals surface area (Å²) in [6.45, 7) is 9.37. The highest BCUT2D eigenvalue weighted by molar-refractivity contribution is 7.18. The lowest BCUT2D eigenvalue weighted by Crippen LogP contribution is -2.32. The van der Waals surface area contributed by atoms with Crippen LogP contribution in [0.1, 0.15) is 62.0 Å². The number of aromatic nitrogens is 3. The molecule has 3 heterocycles. The van der Waals surface area contributed by atoms with E-state index in [9.17, 15) is 9.59 Å². The minimum absolute atomic E-state index is 0.00344. The lowest BCUT2D eigenvalue weighted by molar-refractivity contribution is 0.282. The summed E-state index contributed by atoms with van der Waals surface area (Å²) in [5.41, 5.74) is 1.69. The normalized spacial score (nSPS) is 13.6. The molecule has 0 aliphatic heterocycles. The van der Waals surface area contributed by atoms with Crippen molar-refractivity contribution in [2.45, 2.75) is 66.0 Å². The van der Waals surface area contributed by atoms with Gasteiger partial charge in [-0.2, -0.15) is 0 Å². The molecule has 0 amide bonds. The molecule has 4 rings (SSSR count). The fourth-order valence-corrected chi connectivity index (χ4v) is 5.57. The zero-order valence-corrected chi connectivity index (χ0v) is 20.0. The lowest BCUT2D eigenvalue weighted by Gasteiger charge is -2.20. The molecule has 0 radical (unpaired) electrons. The molecule has 3 aromatic rings. The highest BCUT2D eigenvalue weighted by atomic mass is 32.1. The zero-order valence-electron chi connectivity index (χ0n) is 19.2. The van der Waals surface area contributed by atoms with Gasteiger partial charge < -0.3 is 9.72 Å². The molecule has 0 atom stereocenters. The van der Waals surface area contributed by atoms with Gasteiger partial charge in [0.15, 0.2) is 5.75 Å². The molecule has 0 saturated carbocycles. The molecule has 7 nitrogen and oxygen atoms in total. The van der Waals surface area contributed by atoms with Crippen LogP contribution in [0.25, 0.3) is 10.2 Å². The number of H-pyrrole nitrogens is 1. The van der Waals surface area contributed by atoms with Crippen LogP contribution < -0.4 is 15.7 Å². The van der Waals surface area contributed by atoms with E-state index in [-0.39, 0.29) is 17.5 Å². The molecule has 172 valence electrons. The maximum atomic E-state index is 13.7. The first-order valence-electron chi connectivity index (χ1n) is 11.7. The average Bonchev–Trinajstić information content (AvgIpc) is 3.17. The molecular weight excluding hydrogens is 424 g/mol. The number of aromatic amines is 1. The summed E-state index contributed by atoms with van der Waals surface area (Å²) in [6.07, 6.45) is 6.71. The van der Waals surface area contributed by atoms with E-state index in [1.165, 1.54) is 22.9 Å². The van der Waals surface area contributed by atoms with E-state index in [4.69, 9.17) is 9.72 Å². The Bertz CT molecular complexity index is 1210. The van der Waals surface area contributed by atoms with Crippen LogP contribution in [0.3, 0.4) is 0 Å². The summed E-state index contributed by atoms with van der Waals surface area (Å²) >= 11 is 1.68. The Labute approximate surface area is 192 Å². The molecule has 0 spiro atoms. The van der Waals surface area contributed by atoms with Crippen LogP contribution in [0.4, 0.5) is 0 Å². The van der Waals surface area contributed by atoms with Crippen LogP contribution in [0, 0.1) is 0 Å². The van der Waals surface area contributed by atoms with Crippen LogP contribution >= 0.6 is 11.3 Å². The molecule has 0 unspecified atom stereocenters. The van der Waals surface area contributed by atoms with Crippen molar-refractivity contribution < 1.29 is 4.74 Å². The minimum atomic E-state index is -0.174. The second-order valence-corrected chi connectivity index (χ2v) is 9.39. The number of hydrogen-bond acceptors (Lipinski definition) is 6. The third-order valence-corrected chi connectivity index (χ3v) is 7.33. The van der Waals surface area contributed by atoms with Crippen molar-refractivity contribution in [3.63, 3.8) is 0 Å². The van der Waals surface area contributed by atoms with Crippen LogP contribution in [0.15, 0.2) is 21.9 Å². The fraction of sp³-hybridized carbons (Fsp3) is 0.542. The lowest BCUT2D eigenvalue weighted by atomic mass is 9.97. The molecule has 0 aromatic carbocycles. The van der Waals surface area contributed by atoms with Crippen LogP contribution in [0.2, 0.25) is 0 Å². The van der Waals surface area contributed by atoms with E-state index in [0.717, 1.165) is 54.8 Å². The smallest absolute Gasteiger partial charge is 0.262 e. The van der Waals surface area contributed by atoms with Crippen molar-refractivity contribution in [3.05, 3.63) is 54.8 Å². The van der Waals surface area contributed by atoms with Crippen molar-refractivity contribution in [1.29, 1.82) is 0 Å². The highest BCUT2D eigenvalue weighted by Gasteiger charge is 2.23. The van der Waals surface area contributed by atoms with Crippen molar-refractivity contribution in [2.24, 2.45) is 0 Å². The van der Waals surface area contributed by atoms with Crippen molar-refractivity contribution in [2.75, 3.05) is 19.7 Å². The first kappa shape index (κ1) is 22.7. The molecule has 1 N–H and O–H groups in total. The summed E-state index contributed by atoms with van der Waals surface area (Å²) in [5, 5.41) is 0.776. The van der Waals surface area contributed by atoms with E-state index < -0.39 is 0 Å². The van der Waals surface area contributed by atoms with Gasteiger partial charge in [-0.3, -0.25) is 19.1 Å². The summed E-state index contributed by atoms with van der Waals surface area (Å²) in [6, 6.07) is 1.53. The predicted octanol–water partition coefficient (Wildman–Crippen LogP) is 3.70. The number of ether oxygens (including phenoxy) is 1. The van der Waals surface area contributed by atoms with Gasteiger partial charge in [-0.15, -0.1) is 11.3 Å². The number of rotatable bonds is 9. The maximum Gasteiger partial charge on any atom is 0.262 e. The van der Waals surface area contributed by atoms with E-state index in [0.29, 0.717) is 24.6 Å². The van der Waals surface area contributed by atoms with E-state index in [1.807, 2.05) is 6.92 Å². The largest absolute Gasteiger partial charge is 0.488 e. The second-order valence-electron chi connectivity index (χ2n) is 8.31. The average molecular weight is 457 g/mol. The second kappa shape index (κ2) is 10.0. The summed E-state index contributed by atoms with van der Waals surface area (Å²) in [4.78, 5) is 38.8. The molecular formula is C24H32N4O3S. The van der Waals surface area contributed by atoms with Gasteiger partial charge in [-0.25, -0.2) is 4.98 Å². The molecule has 3 aromatic heterocycles. The Morgan fingerprint density at radius 3 is 2.69 bits per heavy atom. The Kier molecular flexibility index (Phi) is 7.10. The van der Waals surface area contributed by atoms with Crippen molar-refractivity contribution in [3.8, 4) is 5.75 Å². The molecule has 1 aliphatic carbocycles. The van der Waals surface area contributed by atoms with Crippen LogP contribution in [-0.2, 0) is 25.9 Å². The number of fused-ring (bicyclic) bond motifs is 3. The molecule has 1 aliphatic rings. The first-order chi connectivity index (χ1) is 15.5. The summed E-state index contributed by atoms with van der Waals surface area (Å²) < 4.78 is 7.25. The number of pyridine rings is 1. The molecule has 0 bridgehead atoms. The third kappa shape index (κ3) is 4.52. The van der Waals surface area contributed by atoms with E-state index in [1.54, 1.807) is 22.1 Å². The van der Waals surface area contributed by atoms with Gasteiger partial charge in [0.25, 0.3) is 5.56 Å². The third-order valence-electron chi connectivity index (χ3n) is 6.14. The van der Waals surface area contributed by atoms with E-state index >= 15 is 0 Å². The maximum absolute atomic E-state index is 13.7. The van der Waals surface area contributed by atoms with Crippen molar-refractivity contribution >= 4 is 21.6 Å². The Morgan fingerprint density at radius 1 is 1.19 bits per heavy atom. The Hall–Kier alpha value is -2.45. The number of thiophene rings is 1. The van der Waals surface area contributed by atoms with Gasteiger partial charge in [0, 0.05) is 22.8 Å². The summed E-state index contributed by atoms with van der Waals surface area (Å²) in [5.74, 6) is 1.06. The van der Waals surface area contributed by atoms with Gasteiger partial charge in [0.05, 0.1) is 25.1 Å². The fourth-order valence-electron chi connectivity index (χ4n) is 4.30. The van der Waals surface area contributed by atoms with Gasteiger partial charge in [-0.1, -0.05) is 20.8 Å². The number of nitrogens with one attached hydrogen (secondary N) is 1. The molecule has 32 heavy (non-hydrogen) atoms. The minimum Gasteiger partial charge on any atom is -0.488 e. The number of aryl methyl sites for hydroxylation is 2. The standard InChI is InChI=1S/C24H32N4O3S/c1-4-11-31-19-13-25-16(12-18(19)29)14-28-21(15-27(5-2)6-3)26-23-22(24(28)30)17-9-7-8-10-20(17)32-23/h12-13H,4-11,14-15H2,1-3H3,(H,25,29). The Morgan fingerprint density at radius 2 is 1.97 bits per heavy atom. The van der Waals surface area contributed by atoms with Crippen LogP contribution in [-0.4, -0.2) is 39.1 Å². The van der Waals surface area contributed by atoms with Gasteiger partial charge in [0.1, 0.15) is 10.7 Å². The van der Waals surface area contributed by atoms with Gasteiger partial charge >= 0.3 is 0 Å². The summed E-state index contributed by atoms with van der Waals surface area (Å²) in [7, 11) is 0. The zero-order chi connectivity index (χ0) is 22.7. The van der Waals surface area contributed by atoms with Crippen LogP contribution in [0.5, 0.6) is 5.75 Å². The van der Waals surface area contributed by atoms with Gasteiger partial charge in [-0.05, 0) is 50.8 Å². The molecule has 8 heteroatoms. The van der Waals surface area contributed by atoms with Crippen molar-refractivity contribution in [1.82, 2.24) is 19.4 Å². The Balaban J connectivity index is 1.79. The van der Waals surface area contributed by atoms with Gasteiger partial charge in [0.2, 0.25) is 5.43 Å². The van der Waals surface area contributed by atoms with E-state index in [2.05, 4.69) is 23.7 Å². The first-order valence-corrected chi connectivity index (χ1v) is 12.5. The number of nitrogens with zero attached hydrogens (tertiary/aromatic N) is 3. The predicted molar refractivity (Wildman–Crippen MR) is 129 cm³/mol. The monoisotopic (exact) mass is 456 g/mol. The quantitative estimate of drug-likeness (QED) is 0.531. The highest BCUT2D eigenvalue weighted by Crippen LogP contribution is 2.34. The molecule has 0 fully saturated rings. The molecule has 0 saturated heterocycles. The SMILES string of the molecule is CCCOc1c[nH]c(Cn2c(CN(CC)CC)nc3sc4c(c3c2=O)CCCC4)cc1=O. The number of hydrogen-bond donors (Lipinski definition) is 1. The topological polar surface area (TPSA) is 80.2 Å².